The molecule has 2 aliphatic heterocycles. The van der Waals surface area contributed by atoms with Crippen LogP contribution < -0.4 is 0 Å². The Morgan fingerprint density at radius 2 is 1.74 bits per heavy atom. The highest BCUT2D eigenvalue weighted by Gasteiger charge is 2.69. The Hall–Kier alpha value is -0.320. The van der Waals surface area contributed by atoms with E-state index in [-0.39, 0.29) is 17.8 Å². The van der Waals surface area contributed by atoms with Gasteiger partial charge >= 0.3 is 5.97 Å². The van der Waals surface area contributed by atoms with Crippen molar-refractivity contribution in [3.63, 3.8) is 0 Å². The minimum absolute atomic E-state index is 0.108. The molecule has 2 saturated heterocycles. The first-order chi connectivity index (χ1) is 16.1. The van der Waals surface area contributed by atoms with Gasteiger partial charge < -0.3 is 9.47 Å². The molecule has 0 aromatic carbocycles. The summed E-state index contributed by atoms with van der Waals surface area (Å²) < 4.78 is 14.8. The van der Waals surface area contributed by atoms with Crippen molar-refractivity contribution in [3.05, 3.63) is 0 Å². The van der Waals surface area contributed by atoms with Crippen LogP contribution in [0.4, 0.5) is 0 Å². The molecule has 0 aromatic rings. The largest absolute Gasteiger partial charge is 0.463 e. The topological polar surface area (TPSA) is 38.8 Å². The number of halogens is 1. The van der Waals surface area contributed by atoms with E-state index in [4.69, 9.17) is 21.3 Å². The number of ether oxygens (including phenoxy) is 2. The van der Waals surface area contributed by atoms with E-state index >= 15 is 0 Å². The van der Waals surface area contributed by atoms with Crippen molar-refractivity contribution in [1.29, 1.82) is 0 Å². The van der Waals surface area contributed by atoms with Crippen LogP contribution in [-0.2, 0) is 14.3 Å². The predicted octanol–water partition coefficient (Wildman–Crippen LogP) is 6.80. The quantitative estimate of drug-likeness (QED) is 0.298. The van der Waals surface area contributed by atoms with Gasteiger partial charge in [0.1, 0.15) is 11.8 Å². The third kappa shape index (κ3) is 3.26. The number of rotatable bonds is 1. The second-order valence-corrected chi connectivity index (χ2v) is 14.4. The van der Waals surface area contributed by atoms with Crippen molar-refractivity contribution in [2.24, 2.45) is 52.3 Å². The summed E-state index contributed by atoms with van der Waals surface area (Å²) in [6, 6.07) is 0. The highest BCUT2D eigenvalue weighted by Crippen LogP contribution is 2.71. The molecule has 4 nitrogen and oxygen atoms in total. The van der Waals surface area contributed by atoms with Crippen molar-refractivity contribution in [1.82, 2.24) is 4.42 Å². The third-order valence-electron chi connectivity index (χ3n) is 12.5. The lowest BCUT2D eigenvalue weighted by Crippen LogP contribution is -2.57. The van der Waals surface area contributed by atoms with E-state index in [1.807, 2.05) is 0 Å². The molecule has 6 fully saturated rings. The summed E-state index contributed by atoms with van der Waals surface area (Å²) in [4.78, 5) is 11.6. The van der Waals surface area contributed by atoms with Crippen molar-refractivity contribution >= 4 is 17.7 Å². The second kappa shape index (κ2) is 8.09. The van der Waals surface area contributed by atoms with E-state index in [1.165, 1.54) is 44.9 Å². The van der Waals surface area contributed by atoms with Crippen LogP contribution in [0.1, 0.15) is 98.8 Å². The molecule has 4 aliphatic carbocycles. The Bertz CT molecular complexity index is 836. The van der Waals surface area contributed by atoms with Gasteiger partial charge in [-0.05, 0) is 122 Å². The number of piperidine rings is 1. The van der Waals surface area contributed by atoms with Gasteiger partial charge in [-0.25, -0.2) is 0 Å². The molecular formula is C29H46ClNO3. The second-order valence-electron chi connectivity index (χ2n) is 13.9. The van der Waals surface area contributed by atoms with E-state index in [9.17, 15) is 4.79 Å². The number of carbonyl (C=O) groups is 1. The molecule has 192 valence electrons. The summed E-state index contributed by atoms with van der Waals surface area (Å²) in [7, 11) is 0. The maximum atomic E-state index is 11.6. The van der Waals surface area contributed by atoms with Gasteiger partial charge in [0.15, 0.2) is 0 Å². The summed E-state index contributed by atoms with van der Waals surface area (Å²) in [5.74, 6) is 4.85. The van der Waals surface area contributed by atoms with E-state index < -0.39 is 0 Å². The fraction of sp³-hybridized carbons (Fsp3) is 0.966. The van der Waals surface area contributed by atoms with Crippen LogP contribution in [0.3, 0.4) is 0 Å². The molecule has 0 aromatic heterocycles. The van der Waals surface area contributed by atoms with Gasteiger partial charge in [0.2, 0.25) is 0 Å². The minimum atomic E-state index is -0.243. The molecule has 12 atom stereocenters. The van der Waals surface area contributed by atoms with Crippen molar-refractivity contribution in [3.8, 4) is 0 Å². The standard InChI is InChI=1S/C29H46ClNO3/c1-17-8-13-29(31(30)16-17)18(2)26-25(34-29)15-24-22-7-6-20-14-21(33-19(3)32)9-11-27(20,4)23(22)10-12-28(24,26)5/h17-18,20-26H,6-16H2,1-5H3. The molecule has 34 heavy (non-hydrogen) atoms. The molecule has 0 amide bonds. The molecule has 6 aliphatic rings. The zero-order valence-electron chi connectivity index (χ0n) is 22.0. The lowest BCUT2D eigenvalue weighted by atomic mass is 9.44. The number of hydrogen-bond acceptors (Lipinski definition) is 4. The number of carbonyl (C=O) groups excluding carboxylic acids is 1. The van der Waals surface area contributed by atoms with Gasteiger partial charge in [-0.15, -0.1) is 0 Å². The molecule has 12 unspecified atom stereocenters. The Morgan fingerprint density at radius 1 is 0.971 bits per heavy atom. The summed E-state index contributed by atoms with van der Waals surface area (Å²) in [5.41, 5.74) is 0.555. The monoisotopic (exact) mass is 491 g/mol. The zero-order chi connectivity index (χ0) is 24.0. The number of esters is 1. The van der Waals surface area contributed by atoms with Crippen LogP contribution in [0.5, 0.6) is 0 Å². The average Bonchev–Trinajstić information content (AvgIpc) is 3.22. The molecule has 0 radical (unpaired) electrons. The van der Waals surface area contributed by atoms with Crippen LogP contribution >= 0.6 is 11.8 Å². The van der Waals surface area contributed by atoms with Crippen molar-refractivity contribution in [2.45, 2.75) is 117 Å². The van der Waals surface area contributed by atoms with Gasteiger partial charge in [0, 0.05) is 19.4 Å². The molecule has 5 heteroatoms. The first-order valence-corrected chi connectivity index (χ1v) is 14.7. The number of hydrogen-bond donors (Lipinski definition) is 0. The predicted molar refractivity (Wildman–Crippen MR) is 134 cm³/mol. The highest BCUT2D eigenvalue weighted by atomic mass is 35.5. The fourth-order valence-corrected chi connectivity index (χ4v) is 11.4. The van der Waals surface area contributed by atoms with E-state index in [0.717, 1.165) is 43.6 Å². The Morgan fingerprint density at radius 3 is 2.47 bits per heavy atom. The number of nitrogens with zero attached hydrogens (tertiary/aromatic N) is 1. The van der Waals surface area contributed by atoms with Gasteiger partial charge in [0.25, 0.3) is 0 Å². The van der Waals surface area contributed by atoms with Crippen molar-refractivity contribution in [2.75, 3.05) is 6.54 Å². The first kappa shape index (κ1) is 24.0. The smallest absolute Gasteiger partial charge is 0.302 e. The SMILES string of the molecule is CC(=O)OC1CCC2(C)C(CCC3C2CCC2(C)C3CC3OC4(CCC(C)CN4Cl)C(C)C32)C1. The molecule has 0 N–H and O–H groups in total. The molecule has 6 rings (SSSR count). The van der Waals surface area contributed by atoms with Gasteiger partial charge in [-0.3, -0.25) is 4.79 Å². The maximum absolute atomic E-state index is 11.6. The zero-order valence-corrected chi connectivity index (χ0v) is 22.8. The molecule has 2 heterocycles. The van der Waals surface area contributed by atoms with E-state index in [2.05, 4.69) is 32.1 Å². The fourth-order valence-electron chi connectivity index (χ4n) is 10.9. The minimum Gasteiger partial charge on any atom is -0.463 e. The average molecular weight is 492 g/mol. The summed E-state index contributed by atoms with van der Waals surface area (Å²) in [6.07, 6.45) is 12.8. The van der Waals surface area contributed by atoms with E-state index in [1.54, 1.807) is 6.92 Å². The van der Waals surface area contributed by atoms with Gasteiger partial charge in [-0.2, -0.15) is 4.42 Å². The third-order valence-corrected chi connectivity index (χ3v) is 12.9. The van der Waals surface area contributed by atoms with Crippen LogP contribution in [0, 0.1) is 52.3 Å². The molecular weight excluding hydrogens is 446 g/mol. The Balaban J connectivity index is 1.22. The molecule has 0 bridgehead atoms. The van der Waals surface area contributed by atoms with Gasteiger partial charge in [-0.1, -0.05) is 27.7 Å². The van der Waals surface area contributed by atoms with Crippen molar-refractivity contribution < 1.29 is 14.3 Å². The van der Waals surface area contributed by atoms with E-state index in [0.29, 0.717) is 40.6 Å². The highest BCUT2D eigenvalue weighted by molar-refractivity contribution is 6.13. The summed E-state index contributed by atoms with van der Waals surface area (Å²) in [6.45, 7) is 12.5. The van der Waals surface area contributed by atoms with Crippen LogP contribution in [-0.4, -0.2) is 34.9 Å². The maximum Gasteiger partial charge on any atom is 0.302 e. The normalized spacial score (nSPS) is 56.9. The van der Waals surface area contributed by atoms with Crippen LogP contribution in [0.25, 0.3) is 0 Å². The van der Waals surface area contributed by atoms with Crippen LogP contribution in [0.2, 0.25) is 0 Å². The van der Waals surface area contributed by atoms with Crippen LogP contribution in [0.15, 0.2) is 0 Å². The summed E-state index contributed by atoms with van der Waals surface area (Å²) in [5, 5.41) is 0. The van der Waals surface area contributed by atoms with Gasteiger partial charge in [0.05, 0.1) is 6.10 Å². The molecule has 4 saturated carbocycles. The Kier molecular flexibility index (Phi) is 5.72. The first-order valence-electron chi connectivity index (χ1n) is 14.4. The molecule has 1 spiro atoms. The number of fused-ring (bicyclic) bond motifs is 7. The summed E-state index contributed by atoms with van der Waals surface area (Å²) >= 11 is 6.93. The lowest BCUT2D eigenvalue weighted by molar-refractivity contribution is -0.170. The Labute approximate surface area is 211 Å². The lowest BCUT2D eigenvalue weighted by Gasteiger charge is -2.61.